The fourth-order valence-corrected chi connectivity index (χ4v) is 3.49. The number of anilines is 2. The van der Waals surface area contributed by atoms with Crippen LogP contribution >= 0.6 is 23.2 Å². The van der Waals surface area contributed by atoms with Crippen LogP contribution in [0.3, 0.4) is 0 Å². The van der Waals surface area contributed by atoms with Crippen LogP contribution in [0.5, 0.6) is 11.5 Å². The van der Waals surface area contributed by atoms with E-state index in [1.165, 1.54) is 0 Å². The molecule has 0 saturated carbocycles. The Hall–Kier alpha value is -2.31. The summed E-state index contributed by atoms with van der Waals surface area (Å²) >= 11 is 12.0. The first-order valence-electron chi connectivity index (χ1n) is 8.26. The van der Waals surface area contributed by atoms with Crippen LogP contribution in [0.25, 0.3) is 0 Å². The topological polar surface area (TPSA) is 54.0 Å². The van der Waals surface area contributed by atoms with Gasteiger partial charge in [-0.25, -0.2) is 4.79 Å². The first-order valence-corrected chi connectivity index (χ1v) is 9.01. The highest BCUT2D eigenvalue weighted by Crippen LogP contribution is 2.35. The molecule has 1 N–H and O–H groups in total. The van der Waals surface area contributed by atoms with Gasteiger partial charge in [-0.15, -0.1) is 0 Å². The smallest absolute Gasteiger partial charge is 0.322 e. The van der Waals surface area contributed by atoms with Gasteiger partial charge >= 0.3 is 6.03 Å². The summed E-state index contributed by atoms with van der Waals surface area (Å²) in [6.07, 6.45) is 0. The molecule has 1 saturated heterocycles. The van der Waals surface area contributed by atoms with Crippen molar-refractivity contribution in [2.45, 2.75) is 0 Å². The molecular formula is C18H17Cl2N3O3. The van der Waals surface area contributed by atoms with Crippen molar-refractivity contribution in [2.75, 3.05) is 43.2 Å². The van der Waals surface area contributed by atoms with Gasteiger partial charge in [0.25, 0.3) is 0 Å². The largest absolute Gasteiger partial charge is 0.454 e. The lowest BCUT2D eigenvalue weighted by molar-refractivity contribution is 0.174. The van der Waals surface area contributed by atoms with E-state index < -0.39 is 0 Å². The van der Waals surface area contributed by atoms with Crippen molar-refractivity contribution in [3.8, 4) is 11.5 Å². The van der Waals surface area contributed by atoms with Gasteiger partial charge in [0.2, 0.25) is 6.79 Å². The fraction of sp³-hybridized carbons (Fsp3) is 0.278. The van der Waals surface area contributed by atoms with Gasteiger partial charge < -0.3 is 24.6 Å². The molecule has 2 aliphatic heterocycles. The molecule has 0 radical (unpaired) electrons. The maximum absolute atomic E-state index is 12.5. The minimum Gasteiger partial charge on any atom is -0.454 e. The van der Waals surface area contributed by atoms with Crippen molar-refractivity contribution in [1.82, 2.24) is 4.90 Å². The Kier molecular flexibility index (Phi) is 4.70. The third-order valence-corrected chi connectivity index (χ3v) is 5.01. The Morgan fingerprint density at radius 2 is 1.73 bits per heavy atom. The highest BCUT2D eigenvalue weighted by atomic mass is 35.5. The molecule has 2 heterocycles. The Labute approximate surface area is 161 Å². The van der Waals surface area contributed by atoms with Crippen molar-refractivity contribution in [1.29, 1.82) is 0 Å². The number of fused-ring (bicyclic) bond motifs is 1. The van der Waals surface area contributed by atoms with E-state index in [9.17, 15) is 4.79 Å². The van der Waals surface area contributed by atoms with Gasteiger partial charge in [0.1, 0.15) is 0 Å². The second-order valence-corrected chi connectivity index (χ2v) is 6.91. The maximum atomic E-state index is 12.5. The molecular weight excluding hydrogens is 377 g/mol. The molecule has 0 atom stereocenters. The number of nitrogens with one attached hydrogen (secondary N) is 1. The molecule has 1 fully saturated rings. The molecule has 0 spiro atoms. The molecule has 4 rings (SSSR count). The summed E-state index contributed by atoms with van der Waals surface area (Å²) in [7, 11) is 0. The zero-order valence-corrected chi connectivity index (χ0v) is 15.4. The van der Waals surface area contributed by atoms with Crippen LogP contribution in [0.4, 0.5) is 16.2 Å². The number of rotatable bonds is 2. The van der Waals surface area contributed by atoms with Crippen molar-refractivity contribution >= 4 is 40.6 Å². The van der Waals surface area contributed by atoms with Gasteiger partial charge in [-0.1, -0.05) is 23.2 Å². The van der Waals surface area contributed by atoms with E-state index in [2.05, 4.69) is 10.2 Å². The van der Waals surface area contributed by atoms with E-state index in [-0.39, 0.29) is 12.8 Å². The van der Waals surface area contributed by atoms with Crippen LogP contribution in [0.2, 0.25) is 10.0 Å². The molecule has 136 valence electrons. The molecule has 2 amide bonds. The number of urea groups is 1. The monoisotopic (exact) mass is 393 g/mol. The predicted octanol–water partition coefficient (Wildman–Crippen LogP) is 4.08. The lowest BCUT2D eigenvalue weighted by Gasteiger charge is -2.36. The van der Waals surface area contributed by atoms with Gasteiger partial charge in [-0.2, -0.15) is 0 Å². The molecule has 6 nitrogen and oxygen atoms in total. The lowest BCUT2D eigenvalue weighted by Crippen LogP contribution is -2.50. The standard InChI is InChI=1S/C18H17Cl2N3O3/c19-12-1-3-15(14(20)9-12)21-18(24)23-7-5-22(6-8-23)13-2-4-16-17(10-13)26-11-25-16/h1-4,9-10H,5-8,11H2,(H,21,24). The number of carbonyl (C=O) groups is 1. The third kappa shape index (κ3) is 3.48. The van der Waals surface area contributed by atoms with Gasteiger partial charge in [-0.05, 0) is 30.3 Å². The Bertz CT molecular complexity index is 838. The average Bonchev–Trinajstić information content (AvgIpc) is 3.12. The van der Waals surface area contributed by atoms with Crippen LogP contribution in [0.1, 0.15) is 0 Å². The molecule has 26 heavy (non-hydrogen) atoms. The molecule has 0 aromatic heterocycles. The number of carbonyl (C=O) groups excluding carboxylic acids is 1. The van der Waals surface area contributed by atoms with Crippen molar-refractivity contribution < 1.29 is 14.3 Å². The van der Waals surface area contributed by atoms with Crippen LogP contribution in [-0.2, 0) is 0 Å². The summed E-state index contributed by atoms with van der Waals surface area (Å²) in [5.74, 6) is 1.53. The molecule has 8 heteroatoms. The third-order valence-electron chi connectivity index (χ3n) is 4.46. The van der Waals surface area contributed by atoms with Crippen molar-refractivity contribution in [2.24, 2.45) is 0 Å². The fourth-order valence-electron chi connectivity index (χ4n) is 3.03. The van der Waals surface area contributed by atoms with E-state index in [1.807, 2.05) is 18.2 Å². The number of piperazine rings is 1. The Morgan fingerprint density at radius 3 is 2.50 bits per heavy atom. The van der Waals surface area contributed by atoms with Crippen LogP contribution in [-0.4, -0.2) is 43.9 Å². The van der Waals surface area contributed by atoms with E-state index in [0.29, 0.717) is 28.8 Å². The van der Waals surface area contributed by atoms with Crippen LogP contribution < -0.4 is 19.7 Å². The first kappa shape index (κ1) is 17.1. The predicted molar refractivity (Wildman–Crippen MR) is 102 cm³/mol. The number of benzene rings is 2. The summed E-state index contributed by atoms with van der Waals surface area (Å²) in [6, 6.07) is 10.7. The molecule has 2 aromatic rings. The summed E-state index contributed by atoms with van der Waals surface area (Å²) < 4.78 is 10.8. The summed E-state index contributed by atoms with van der Waals surface area (Å²) in [4.78, 5) is 16.5. The summed E-state index contributed by atoms with van der Waals surface area (Å²) in [5, 5.41) is 3.79. The number of hydrogen-bond acceptors (Lipinski definition) is 4. The van der Waals surface area contributed by atoms with E-state index in [0.717, 1.165) is 30.3 Å². The SMILES string of the molecule is O=C(Nc1ccc(Cl)cc1Cl)N1CCN(c2ccc3c(c2)OCO3)CC1. The Morgan fingerprint density at radius 1 is 0.962 bits per heavy atom. The molecule has 2 aliphatic rings. The summed E-state index contributed by atoms with van der Waals surface area (Å²) in [5.41, 5.74) is 1.62. The number of nitrogens with zero attached hydrogens (tertiary/aromatic N) is 2. The van der Waals surface area contributed by atoms with Gasteiger partial charge in [0.05, 0.1) is 10.7 Å². The number of hydrogen-bond donors (Lipinski definition) is 1. The van der Waals surface area contributed by atoms with Crippen LogP contribution in [0.15, 0.2) is 36.4 Å². The van der Waals surface area contributed by atoms with Crippen molar-refractivity contribution in [3.05, 3.63) is 46.4 Å². The van der Waals surface area contributed by atoms with E-state index in [1.54, 1.807) is 23.1 Å². The molecule has 0 aliphatic carbocycles. The normalized spacial score (nSPS) is 15.9. The van der Waals surface area contributed by atoms with Crippen molar-refractivity contribution in [3.63, 3.8) is 0 Å². The molecule has 2 aromatic carbocycles. The molecule has 0 unspecified atom stereocenters. The summed E-state index contributed by atoms with van der Waals surface area (Å²) in [6.45, 7) is 2.97. The molecule has 0 bridgehead atoms. The number of amides is 2. The number of halogens is 2. The highest BCUT2D eigenvalue weighted by molar-refractivity contribution is 6.36. The second kappa shape index (κ2) is 7.13. The zero-order chi connectivity index (χ0) is 18.1. The average molecular weight is 394 g/mol. The minimum atomic E-state index is -0.167. The Balaban J connectivity index is 1.36. The first-order chi connectivity index (χ1) is 12.6. The zero-order valence-electron chi connectivity index (χ0n) is 13.9. The lowest BCUT2D eigenvalue weighted by atomic mass is 10.2. The van der Waals surface area contributed by atoms with Gasteiger partial charge in [0, 0.05) is 43.0 Å². The second-order valence-electron chi connectivity index (χ2n) is 6.07. The highest BCUT2D eigenvalue weighted by Gasteiger charge is 2.23. The van der Waals surface area contributed by atoms with E-state index >= 15 is 0 Å². The van der Waals surface area contributed by atoms with E-state index in [4.69, 9.17) is 32.7 Å². The van der Waals surface area contributed by atoms with Gasteiger partial charge in [0.15, 0.2) is 11.5 Å². The van der Waals surface area contributed by atoms with Crippen LogP contribution in [0, 0.1) is 0 Å². The number of ether oxygens (including phenoxy) is 2. The minimum absolute atomic E-state index is 0.167. The quantitative estimate of drug-likeness (QED) is 0.834. The van der Waals surface area contributed by atoms with Gasteiger partial charge in [-0.3, -0.25) is 0 Å². The maximum Gasteiger partial charge on any atom is 0.322 e.